The van der Waals surface area contributed by atoms with Gasteiger partial charge in [0.2, 0.25) is 0 Å². The van der Waals surface area contributed by atoms with Gasteiger partial charge in [-0.05, 0) is 143 Å². The molecule has 0 amide bonds. The van der Waals surface area contributed by atoms with Crippen molar-refractivity contribution in [2.75, 3.05) is 4.90 Å². The lowest BCUT2D eigenvalue weighted by Crippen LogP contribution is -2.18. The second-order valence-electron chi connectivity index (χ2n) is 16.5. The molecule has 0 saturated carbocycles. The highest BCUT2D eigenvalue weighted by Crippen LogP contribution is 2.51. The molecule has 13 rings (SSSR count). The summed E-state index contributed by atoms with van der Waals surface area (Å²) in [5.41, 5.74) is 14.8. The van der Waals surface area contributed by atoms with Crippen molar-refractivity contribution in [2.24, 2.45) is 0 Å². The van der Waals surface area contributed by atoms with E-state index in [2.05, 4.69) is 228 Å². The zero-order chi connectivity index (χ0) is 40.0. The van der Waals surface area contributed by atoms with Gasteiger partial charge < -0.3 is 9.47 Å². The molecule has 0 saturated heterocycles. The van der Waals surface area contributed by atoms with Crippen LogP contribution in [-0.2, 0) is 6.42 Å². The molecular formula is C59H38N2. The van der Waals surface area contributed by atoms with E-state index in [4.69, 9.17) is 0 Å². The van der Waals surface area contributed by atoms with Gasteiger partial charge in [0.1, 0.15) is 0 Å². The van der Waals surface area contributed by atoms with Crippen LogP contribution in [0.1, 0.15) is 11.1 Å². The van der Waals surface area contributed by atoms with Crippen LogP contribution < -0.4 is 4.90 Å². The van der Waals surface area contributed by atoms with Gasteiger partial charge >= 0.3 is 0 Å². The zero-order valence-electron chi connectivity index (χ0n) is 33.4. The Bertz CT molecular complexity index is 3690. The third-order valence-corrected chi connectivity index (χ3v) is 13.1. The topological polar surface area (TPSA) is 8.17 Å². The second kappa shape index (κ2) is 13.3. The summed E-state index contributed by atoms with van der Waals surface area (Å²) >= 11 is 0. The highest BCUT2D eigenvalue weighted by molar-refractivity contribution is 6.23. The smallest absolute Gasteiger partial charge is 0.0541 e. The van der Waals surface area contributed by atoms with Crippen molar-refractivity contribution in [1.82, 2.24) is 4.57 Å². The normalized spacial score (nSPS) is 12.5. The lowest BCUT2D eigenvalue weighted by Gasteiger charge is -2.34. The van der Waals surface area contributed by atoms with Gasteiger partial charge in [0.15, 0.2) is 0 Å². The fourth-order valence-corrected chi connectivity index (χ4v) is 10.4. The molecule has 12 aromatic rings. The van der Waals surface area contributed by atoms with E-state index >= 15 is 0 Å². The van der Waals surface area contributed by atoms with Crippen molar-refractivity contribution >= 4 is 82.0 Å². The van der Waals surface area contributed by atoms with Gasteiger partial charge in [-0.3, -0.25) is 0 Å². The molecule has 0 aliphatic carbocycles. The lowest BCUT2D eigenvalue weighted by molar-refractivity contribution is 1.09. The SMILES string of the molecule is c1ccc(N2c3ccccc3Cc3cc4c(-c5ccc6ccccc6c5)c5cc(-n6c7ccccc7c7ccccc76)ccc5c(-c5ccc6ccccc6c5)c4cc32)cc1. The van der Waals surface area contributed by atoms with Gasteiger partial charge in [-0.15, -0.1) is 0 Å². The molecule has 2 heterocycles. The van der Waals surface area contributed by atoms with Gasteiger partial charge in [0.25, 0.3) is 0 Å². The number of fused-ring (bicyclic) bond motifs is 9. The molecule has 0 radical (unpaired) electrons. The fraction of sp³-hybridized carbons (Fsp3) is 0.0169. The summed E-state index contributed by atoms with van der Waals surface area (Å²) in [4.78, 5) is 2.48. The number of aromatic nitrogens is 1. The number of benzene rings is 11. The summed E-state index contributed by atoms with van der Waals surface area (Å²) in [6.45, 7) is 0. The molecule has 0 N–H and O–H groups in total. The molecule has 0 fully saturated rings. The van der Waals surface area contributed by atoms with Crippen LogP contribution in [0.5, 0.6) is 0 Å². The Morgan fingerprint density at radius 3 is 1.52 bits per heavy atom. The van der Waals surface area contributed by atoms with Gasteiger partial charge in [-0.2, -0.15) is 0 Å². The van der Waals surface area contributed by atoms with E-state index in [0.717, 1.165) is 17.8 Å². The second-order valence-corrected chi connectivity index (χ2v) is 16.5. The maximum absolute atomic E-state index is 2.53. The first-order valence-corrected chi connectivity index (χ1v) is 21.2. The average Bonchev–Trinajstić information content (AvgIpc) is 3.66. The molecule has 61 heavy (non-hydrogen) atoms. The number of nitrogens with zero attached hydrogens (tertiary/aromatic N) is 2. The monoisotopic (exact) mass is 774 g/mol. The summed E-state index contributed by atoms with van der Waals surface area (Å²) in [7, 11) is 0. The maximum Gasteiger partial charge on any atom is 0.0541 e. The van der Waals surface area contributed by atoms with E-state index in [9.17, 15) is 0 Å². The van der Waals surface area contributed by atoms with Crippen LogP contribution in [0.2, 0.25) is 0 Å². The first-order valence-electron chi connectivity index (χ1n) is 21.2. The van der Waals surface area contributed by atoms with Crippen LogP contribution in [0.4, 0.5) is 17.1 Å². The predicted molar refractivity (Wildman–Crippen MR) is 259 cm³/mol. The van der Waals surface area contributed by atoms with Crippen LogP contribution in [0.3, 0.4) is 0 Å². The fourth-order valence-electron chi connectivity index (χ4n) is 10.4. The zero-order valence-corrected chi connectivity index (χ0v) is 33.4. The van der Waals surface area contributed by atoms with Crippen LogP contribution in [0.15, 0.2) is 218 Å². The summed E-state index contributed by atoms with van der Waals surface area (Å²) in [6.07, 6.45) is 0.854. The van der Waals surface area contributed by atoms with Crippen molar-refractivity contribution in [3.05, 3.63) is 230 Å². The number of anilines is 3. The van der Waals surface area contributed by atoms with Crippen molar-refractivity contribution in [3.8, 4) is 27.9 Å². The third-order valence-electron chi connectivity index (χ3n) is 13.1. The molecular weight excluding hydrogens is 737 g/mol. The Balaban J connectivity index is 1.20. The molecule has 11 aromatic carbocycles. The molecule has 1 aliphatic heterocycles. The average molecular weight is 775 g/mol. The maximum atomic E-state index is 2.53. The van der Waals surface area contributed by atoms with Crippen molar-refractivity contribution in [1.29, 1.82) is 0 Å². The van der Waals surface area contributed by atoms with E-state index in [0.29, 0.717) is 0 Å². The van der Waals surface area contributed by atoms with Crippen LogP contribution >= 0.6 is 0 Å². The summed E-state index contributed by atoms with van der Waals surface area (Å²) in [5, 5.41) is 12.5. The van der Waals surface area contributed by atoms with Crippen LogP contribution in [0.25, 0.3) is 92.8 Å². The number of para-hydroxylation sites is 4. The lowest BCUT2D eigenvalue weighted by atomic mass is 9.82. The summed E-state index contributed by atoms with van der Waals surface area (Å²) in [5.74, 6) is 0. The van der Waals surface area contributed by atoms with Gasteiger partial charge in [-0.25, -0.2) is 0 Å². The first kappa shape index (κ1) is 34.0. The molecule has 0 spiro atoms. The Hall–Kier alpha value is -7.94. The quantitative estimate of drug-likeness (QED) is 0.162. The molecule has 0 unspecified atom stereocenters. The van der Waals surface area contributed by atoms with Crippen LogP contribution in [-0.4, -0.2) is 4.57 Å². The molecule has 2 heteroatoms. The molecule has 284 valence electrons. The molecule has 0 bridgehead atoms. The van der Waals surface area contributed by atoms with Crippen molar-refractivity contribution in [2.45, 2.75) is 6.42 Å². The Labute approximate surface area is 353 Å². The molecule has 0 atom stereocenters. The standard InChI is InChI=1S/C59H38N2/c1-2-19-46(20-3-1)60-54-23-11-8-18-42(54)34-45-35-51-53(37-57(45)60)58(43-28-26-38-14-4-6-16-40(38)32-43)50-31-30-47(61-55-24-12-9-21-48(55)49-22-10-13-25-56(49)61)36-52(50)59(51)44-29-27-39-15-5-7-17-41(39)33-44/h1-33,35-37H,34H2. The summed E-state index contributed by atoms with van der Waals surface area (Å²) < 4.78 is 2.45. The minimum Gasteiger partial charge on any atom is -0.310 e. The van der Waals surface area contributed by atoms with E-state index in [-0.39, 0.29) is 0 Å². The Morgan fingerprint density at radius 1 is 0.295 bits per heavy atom. The summed E-state index contributed by atoms with van der Waals surface area (Å²) in [6, 6.07) is 81.1. The number of hydrogen-bond acceptors (Lipinski definition) is 1. The van der Waals surface area contributed by atoms with Gasteiger partial charge in [-0.1, -0.05) is 152 Å². The van der Waals surface area contributed by atoms with Gasteiger partial charge in [0, 0.05) is 34.3 Å². The number of rotatable bonds is 4. The highest BCUT2D eigenvalue weighted by atomic mass is 15.2. The van der Waals surface area contributed by atoms with E-state index in [1.807, 2.05) is 0 Å². The predicted octanol–water partition coefficient (Wildman–Crippen LogP) is 16.1. The van der Waals surface area contributed by atoms with E-state index in [1.165, 1.54) is 110 Å². The highest BCUT2D eigenvalue weighted by Gasteiger charge is 2.27. The first-order chi connectivity index (χ1) is 30.2. The Morgan fingerprint density at radius 2 is 0.836 bits per heavy atom. The third kappa shape index (κ3) is 5.22. The minimum atomic E-state index is 0.854. The van der Waals surface area contributed by atoms with E-state index in [1.54, 1.807) is 0 Å². The van der Waals surface area contributed by atoms with Crippen molar-refractivity contribution < 1.29 is 0 Å². The van der Waals surface area contributed by atoms with Gasteiger partial charge in [0.05, 0.1) is 16.7 Å². The number of hydrogen-bond donors (Lipinski definition) is 0. The Kier molecular flexibility index (Phi) is 7.40. The molecule has 1 aliphatic rings. The van der Waals surface area contributed by atoms with E-state index < -0.39 is 0 Å². The van der Waals surface area contributed by atoms with Crippen molar-refractivity contribution in [3.63, 3.8) is 0 Å². The van der Waals surface area contributed by atoms with Crippen LogP contribution in [0, 0.1) is 0 Å². The molecule has 1 aromatic heterocycles. The minimum absolute atomic E-state index is 0.854. The largest absolute Gasteiger partial charge is 0.310 e. The molecule has 2 nitrogen and oxygen atoms in total.